The SMILES string of the molecule is CC(C(=O)Nc1ccc2ccccc2c1)N1CCN(CC(=O)N2CCCC2)CC1. The quantitative estimate of drug-likeness (QED) is 0.846. The second-order valence-corrected chi connectivity index (χ2v) is 8.13. The Morgan fingerprint density at radius 1 is 0.931 bits per heavy atom. The largest absolute Gasteiger partial charge is 0.342 e. The number of carbonyl (C=O) groups excluding carboxylic acids is 2. The molecule has 2 amide bonds. The maximum atomic E-state index is 12.8. The first-order valence-electron chi connectivity index (χ1n) is 10.6. The molecule has 2 aliphatic heterocycles. The van der Waals surface area contributed by atoms with Gasteiger partial charge in [-0.15, -0.1) is 0 Å². The summed E-state index contributed by atoms with van der Waals surface area (Å²) in [5.74, 6) is 0.264. The Kier molecular flexibility index (Phi) is 6.11. The molecule has 1 N–H and O–H groups in total. The van der Waals surface area contributed by atoms with Gasteiger partial charge in [-0.1, -0.05) is 30.3 Å². The van der Waals surface area contributed by atoms with Gasteiger partial charge in [-0.25, -0.2) is 0 Å². The van der Waals surface area contributed by atoms with Gasteiger partial charge in [0, 0.05) is 45.0 Å². The average molecular weight is 395 g/mol. The Balaban J connectivity index is 1.27. The molecule has 2 aromatic rings. The second-order valence-electron chi connectivity index (χ2n) is 8.13. The van der Waals surface area contributed by atoms with Crippen LogP contribution in [0.15, 0.2) is 42.5 Å². The van der Waals surface area contributed by atoms with Crippen molar-refractivity contribution >= 4 is 28.3 Å². The maximum absolute atomic E-state index is 12.8. The van der Waals surface area contributed by atoms with Crippen molar-refractivity contribution in [3.8, 4) is 0 Å². The van der Waals surface area contributed by atoms with E-state index in [0.717, 1.165) is 68.6 Å². The van der Waals surface area contributed by atoms with Crippen LogP contribution in [0.2, 0.25) is 0 Å². The number of nitrogens with zero attached hydrogens (tertiary/aromatic N) is 3. The summed E-state index contributed by atoms with van der Waals surface area (Å²) in [6, 6.07) is 13.9. The first kappa shape index (κ1) is 19.9. The summed E-state index contributed by atoms with van der Waals surface area (Å²) in [5, 5.41) is 5.34. The Labute approximate surface area is 172 Å². The zero-order valence-electron chi connectivity index (χ0n) is 17.1. The highest BCUT2D eigenvalue weighted by molar-refractivity contribution is 5.97. The fraction of sp³-hybridized carbons (Fsp3) is 0.478. The molecule has 0 aliphatic carbocycles. The van der Waals surface area contributed by atoms with E-state index in [2.05, 4.69) is 27.2 Å². The van der Waals surface area contributed by atoms with Gasteiger partial charge in [-0.2, -0.15) is 0 Å². The number of hydrogen-bond donors (Lipinski definition) is 1. The van der Waals surface area contributed by atoms with Crippen LogP contribution in [0.4, 0.5) is 5.69 Å². The number of amides is 2. The number of likely N-dealkylation sites (tertiary alicyclic amines) is 1. The number of anilines is 1. The molecule has 0 spiro atoms. The summed E-state index contributed by atoms with van der Waals surface area (Å²) in [6.45, 7) is 7.54. The first-order chi connectivity index (χ1) is 14.1. The number of rotatable bonds is 5. The van der Waals surface area contributed by atoms with Crippen LogP contribution in [0.25, 0.3) is 10.8 Å². The smallest absolute Gasteiger partial charge is 0.241 e. The van der Waals surface area contributed by atoms with Gasteiger partial charge in [0.05, 0.1) is 12.6 Å². The van der Waals surface area contributed by atoms with E-state index in [-0.39, 0.29) is 17.9 Å². The van der Waals surface area contributed by atoms with Crippen molar-refractivity contribution in [1.29, 1.82) is 0 Å². The minimum atomic E-state index is -0.196. The third-order valence-corrected chi connectivity index (χ3v) is 6.17. The van der Waals surface area contributed by atoms with Crippen LogP contribution in [0.1, 0.15) is 19.8 Å². The molecule has 6 nitrogen and oxygen atoms in total. The predicted molar refractivity (Wildman–Crippen MR) is 116 cm³/mol. The molecule has 2 aromatic carbocycles. The minimum Gasteiger partial charge on any atom is -0.342 e. The van der Waals surface area contributed by atoms with Crippen LogP contribution in [0, 0.1) is 0 Å². The molecule has 0 bridgehead atoms. The van der Waals surface area contributed by atoms with Gasteiger partial charge >= 0.3 is 0 Å². The van der Waals surface area contributed by atoms with Crippen molar-refractivity contribution in [2.45, 2.75) is 25.8 Å². The van der Waals surface area contributed by atoms with Gasteiger partial charge < -0.3 is 10.2 Å². The second kappa shape index (κ2) is 8.93. The maximum Gasteiger partial charge on any atom is 0.241 e. The fourth-order valence-corrected chi connectivity index (χ4v) is 4.25. The van der Waals surface area contributed by atoms with E-state index in [9.17, 15) is 9.59 Å². The number of hydrogen-bond acceptors (Lipinski definition) is 4. The third kappa shape index (κ3) is 4.77. The highest BCUT2D eigenvalue weighted by Crippen LogP contribution is 2.19. The molecule has 2 fully saturated rings. The number of nitrogens with one attached hydrogen (secondary N) is 1. The van der Waals surface area contributed by atoms with Crippen LogP contribution in [-0.2, 0) is 9.59 Å². The van der Waals surface area contributed by atoms with Crippen molar-refractivity contribution in [2.75, 3.05) is 51.1 Å². The predicted octanol–water partition coefficient (Wildman–Crippen LogP) is 2.41. The van der Waals surface area contributed by atoms with E-state index in [1.807, 2.05) is 42.2 Å². The van der Waals surface area contributed by atoms with E-state index in [1.165, 1.54) is 0 Å². The van der Waals surface area contributed by atoms with Gasteiger partial charge in [0.2, 0.25) is 11.8 Å². The van der Waals surface area contributed by atoms with Crippen molar-refractivity contribution in [3.63, 3.8) is 0 Å². The van der Waals surface area contributed by atoms with Crippen LogP contribution in [0.5, 0.6) is 0 Å². The lowest BCUT2D eigenvalue weighted by Crippen LogP contribution is -2.54. The summed E-state index contributed by atoms with van der Waals surface area (Å²) in [4.78, 5) is 31.5. The topological polar surface area (TPSA) is 55.9 Å². The molecular weight excluding hydrogens is 364 g/mol. The van der Waals surface area contributed by atoms with Gasteiger partial charge in [0.15, 0.2) is 0 Å². The number of fused-ring (bicyclic) bond motifs is 1. The van der Waals surface area contributed by atoms with Crippen LogP contribution < -0.4 is 5.32 Å². The number of carbonyl (C=O) groups is 2. The van der Waals surface area contributed by atoms with Gasteiger partial charge in [0.1, 0.15) is 0 Å². The Morgan fingerprint density at radius 3 is 2.34 bits per heavy atom. The molecule has 154 valence electrons. The van der Waals surface area contributed by atoms with E-state index in [0.29, 0.717) is 6.54 Å². The lowest BCUT2D eigenvalue weighted by atomic mass is 10.1. The van der Waals surface area contributed by atoms with Crippen LogP contribution in [-0.4, -0.2) is 78.4 Å². The van der Waals surface area contributed by atoms with Crippen molar-refractivity contribution in [1.82, 2.24) is 14.7 Å². The van der Waals surface area contributed by atoms with E-state index >= 15 is 0 Å². The lowest BCUT2D eigenvalue weighted by molar-refractivity contribution is -0.132. The average Bonchev–Trinajstić information content (AvgIpc) is 3.29. The molecule has 0 aromatic heterocycles. The molecule has 29 heavy (non-hydrogen) atoms. The standard InChI is InChI=1S/C23H30N4O2/c1-18(23(29)24-21-9-8-19-6-2-3-7-20(19)16-21)26-14-12-25(13-15-26)17-22(28)27-10-4-5-11-27/h2-3,6-9,16,18H,4-5,10-15,17H2,1H3,(H,24,29). The summed E-state index contributed by atoms with van der Waals surface area (Å²) in [5.41, 5.74) is 0.829. The lowest BCUT2D eigenvalue weighted by Gasteiger charge is -2.37. The number of benzene rings is 2. The highest BCUT2D eigenvalue weighted by Gasteiger charge is 2.27. The number of piperazine rings is 1. The monoisotopic (exact) mass is 394 g/mol. The Morgan fingerprint density at radius 2 is 1.62 bits per heavy atom. The molecule has 1 unspecified atom stereocenters. The minimum absolute atomic E-state index is 0.0156. The van der Waals surface area contributed by atoms with E-state index < -0.39 is 0 Å². The molecular formula is C23H30N4O2. The third-order valence-electron chi connectivity index (χ3n) is 6.17. The molecule has 6 heteroatoms. The van der Waals surface area contributed by atoms with Crippen molar-refractivity contribution < 1.29 is 9.59 Å². The normalized spacial score (nSPS) is 19.4. The molecule has 4 rings (SSSR count). The summed E-state index contributed by atoms with van der Waals surface area (Å²) in [6.07, 6.45) is 2.26. The Bertz CT molecular complexity index is 870. The highest BCUT2D eigenvalue weighted by atomic mass is 16.2. The van der Waals surface area contributed by atoms with Gasteiger partial charge in [-0.05, 0) is 42.7 Å². The first-order valence-corrected chi connectivity index (χ1v) is 10.6. The van der Waals surface area contributed by atoms with Crippen LogP contribution in [0.3, 0.4) is 0 Å². The zero-order chi connectivity index (χ0) is 20.2. The molecule has 0 radical (unpaired) electrons. The van der Waals surface area contributed by atoms with Crippen molar-refractivity contribution in [3.05, 3.63) is 42.5 Å². The Hall–Kier alpha value is -2.44. The van der Waals surface area contributed by atoms with Gasteiger partial charge in [0.25, 0.3) is 0 Å². The molecule has 2 saturated heterocycles. The van der Waals surface area contributed by atoms with E-state index in [1.54, 1.807) is 0 Å². The molecule has 2 heterocycles. The summed E-state index contributed by atoms with van der Waals surface area (Å²) >= 11 is 0. The molecule has 0 saturated carbocycles. The zero-order valence-corrected chi connectivity index (χ0v) is 17.1. The molecule has 1 atom stereocenters. The van der Waals surface area contributed by atoms with Gasteiger partial charge in [-0.3, -0.25) is 19.4 Å². The summed E-state index contributed by atoms with van der Waals surface area (Å²) in [7, 11) is 0. The van der Waals surface area contributed by atoms with Crippen LogP contribution >= 0.6 is 0 Å². The van der Waals surface area contributed by atoms with Crippen molar-refractivity contribution in [2.24, 2.45) is 0 Å². The van der Waals surface area contributed by atoms with E-state index in [4.69, 9.17) is 0 Å². The fourth-order valence-electron chi connectivity index (χ4n) is 4.25. The summed E-state index contributed by atoms with van der Waals surface area (Å²) < 4.78 is 0. The molecule has 2 aliphatic rings.